The lowest BCUT2D eigenvalue weighted by molar-refractivity contribution is -0.136. The number of fused-ring (bicyclic) bond motifs is 1. The second-order valence-electron chi connectivity index (χ2n) is 7.25. The highest BCUT2D eigenvalue weighted by Gasteiger charge is 2.36. The fraction of sp³-hybridized carbons (Fsp3) is 0.350. The first kappa shape index (κ1) is 20.0. The predicted molar refractivity (Wildman–Crippen MR) is 102 cm³/mol. The molecule has 10 heteroatoms. The number of pyridine rings is 2. The number of hydrogen-bond acceptors (Lipinski definition) is 5. The number of aromatic nitrogens is 4. The molecule has 0 radical (unpaired) electrons. The molecule has 0 spiro atoms. The molecule has 1 fully saturated rings. The van der Waals surface area contributed by atoms with E-state index in [4.69, 9.17) is 0 Å². The Kier molecular flexibility index (Phi) is 5.00. The van der Waals surface area contributed by atoms with Crippen LogP contribution in [-0.2, 0) is 6.18 Å². The van der Waals surface area contributed by atoms with Crippen molar-refractivity contribution in [2.45, 2.75) is 31.9 Å². The molecule has 0 aliphatic carbocycles. The second kappa shape index (κ2) is 7.51. The Morgan fingerprint density at radius 1 is 1.27 bits per heavy atom. The van der Waals surface area contributed by atoms with Crippen LogP contribution < -0.4 is 5.56 Å². The number of alkyl halides is 3. The number of rotatable bonds is 2. The van der Waals surface area contributed by atoms with Gasteiger partial charge in [-0.25, -0.2) is 9.97 Å². The van der Waals surface area contributed by atoms with E-state index in [0.717, 1.165) is 6.07 Å². The van der Waals surface area contributed by atoms with Crippen LogP contribution >= 0.6 is 0 Å². The molecule has 0 aromatic carbocycles. The maximum Gasteiger partial charge on any atom is 0.417 e. The van der Waals surface area contributed by atoms with Crippen molar-refractivity contribution >= 4 is 16.9 Å². The first-order chi connectivity index (χ1) is 14.2. The highest BCUT2D eigenvalue weighted by Crippen LogP contribution is 2.36. The third kappa shape index (κ3) is 3.77. The molecule has 30 heavy (non-hydrogen) atoms. The standard InChI is InChI=1S/C20H18F3N5O2/c1-11-25-17-16(18(29)26-11)13(20(21,22)23)9-15(27-17)12-5-4-8-28(10-12)19(30)14-6-2-3-7-24-14/h2-3,6-7,9,12H,4-5,8,10H2,1H3,(H,25,26,27,29)/t12-/m0/s1. The average molecular weight is 417 g/mol. The zero-order valence-corrected chi connectivity index (χ0v) is 16.0. The zero-order valence-electron chi connectivity index (χ0n) is 16.0. The molecule has 0 saturated carbocycles. The lowest BCUT2D eigenvalue weighted by Crippen LogP contribution is -2.39. The molecular formula is C20H18F3N5O2. The Morgan fingerprint density at radius 3 is 2.77 bits per heavy atom. The van der Waals surface area contributed by atoms with Crippen molar-refractivity contribution in [2.24, 2.45) is 0 Å². The van der Waals surface area contributed by atoms with Gasteiger partial charge < -0.3 is 9.88 Å². The van der Waals surface area contributed by atoms with Crippen molar-refractivity contribution in [3.8, 4) is 0 Å². The van der Waals surface area contributed by atoms with Crippen LogP contribution in [-0.4, -0.2) is 43.8 Å². The summed E-state index contributed by atoms with van der Waals surface area (Å²) in [6.45, 7) is 2.19. The molecule has 156 valence electrons. The van der Waals surface area contributed by atoms with E-state index in [1.54, 1.807) is 23.1 Å². The number of H-pyrrole nitrogens is 1. The molecule has 1 N–H and O–H groups in total. The van der Waals surface area contributed by atoms with Gasteiger partial charge in [0.15, 0.2) is 5.65 Å². The van der Waals surface area contributed by atoms with E-state index in [1.165, 1.54) is 13.1 Å². The monoisotopic (exact) mass is 417 g/mol. The van der Waals surface area contributed by atoms with E-state index >= 15 is 0 Å². The first-order valence-electron chi connectivity index (χ1n) is 9.43. The molecule has 3 aromatic heterocycles. The van der Waals surface area contributed by atoms with Gasteiger partial charge in [0.05, 0.1) is 10.9 Å². The van der Waals surface area contributed by atoms with Crippen LogP contribution in [0.5, 0.6) is 0 Å². The van der Waals surface area contributed by atoms with E-state index in [-0.39, 0.29) is 35.3 Å². The van der Waals surface area contributed by atoms with Gasteiger partial charge in [-0.3, -0.25) is 14.6 Å². The zero-order chi connectivity index (χ0) is 21.5. The van der Waals surface area contributed by atoms with Gasteiger partial charge in [0, 0.05) is 30.9 Å². The summed E-state index contributed by atoms with van der Waals surface area (Å²) in [4.78, 5) is 41.1. The Balaban J connectivity index is 1.74. The van der Waals surface area contributed by atoms with E-state index in [2.05, 4.69) is 19.9 Å². The number of halogens is 3. The Bertz CT molecular complexity index is 1160. The molecule has 1 aliphatic heterocycles. The highest BCUT2D eigenvalue weighted by molar-refractivity contribution is 5.92. The largest absolute Gasteiger partial charge is 0.417 e. The summed E-state index contributed by atoms with van der Waals surface area (Å²) in [5, 5.41) is -0.575. The predicted octanol–water partition coefficient (Wildman–Crippen LogP) is 3.06. The minimum absolute atomic E-state index is 0.172. The van der Waals surface area contributed by atoms with Crippen LogP contribution in [0.4, 0.5) is 13.2 Å². The van der Waals surface area contributed by atoms with E-state index in [9.17, 15) is 22.8 Å². The molecule has 1 saturated heterocycles. The van der Waals surface area contributed by atoms with Crippen LogP contribution in [0.1, 0.15) is 46.3 Å². The maximum absolute atomic E-state index is 13.7. The molecule has 4 heterocycles. The number of aryl methyl sites for hydroxylation is 1. The van der Waals surface area contributed by atoms with Gasteiger partial charge in [0.1, 0.15) is 11.5 Å². The number of hydrogen-bond donors (Lipinski definition) is 1. The van der Waals surface area contributed by atoms with Crippen molar-refractivity contribution in [3.63, 3.8) is 0 Å². The fourth-order valence-electron chi connectivity index (χ4n) is 3.76. The van der Waals surface area contributed by atoms with Crippen molar-refractivity contribution in [1.29, 1.82) is 0 Å². The van der Waals surface area contributed by atoms with E-state index < -0.39 is 28.6 Å². The van der Waals surface area contributed by atoms with Crippen LogP contribution in [0.2, 0.25) is 0 Å². The quantitative estimate of drug-likeness (QED) is 0.692. The van der Waals surface area contributed by atoms with Gasteiger partial charge in [0.2, 0.25) is 0 Å². The molecule has 3 aromatic rings. The van der Waals surface area contributed by atoms with Crippen LogP contribution in [0.3, 0.4) is 0 Å². The van der Waals surface area contributed by atoms with Gasteiger partial charge in [-0.2, -0.15) is 13.2 Å². The first-order valence-corrected chi connectivity index (χ1v) is 9.43. The summed E-state index contributed by atoms with van der Waals surface area (Å²) in [7, 11) is 0. The van der Waals surface area contributed by atoms with Crippen molar-refractivity contribution in [1.82, 2.24) is 24.8 Å². The number of carbonyl (C=O) groups is 1. The number of nitrogens with one attached hydrogen (secondary N) is 1. The third-order valence-corrected chi connectivity index (χ3v) is 5.13. The van der Waals surface area contributed by atoms with Crippen molar-refractivity contribution < 1.29 is 18.0 Å². The number of aromatic amines is 1. The second-order valence-corrected chi connectivity index (χ2v) is 7.25. The lowest BCUT2D eigenvalue weighted by Gasteiger charge is -2.32. The summed E-state index contributed by atoms with van der Waals surface area (Å²) in [5.41, 5.74) is -1.73. The lowest BCUT2D eigenvalue weighted by atomic mass is 9.92. The Hall–Kier alpha value is -3.30. The summed E-state index contributed by atoms with van der Waals surface area (Å²) in [6, 6.07) is 5.91. The summed E-state index contributed by atoms with van der Waals surface area (Å²) < 4.78 is 41.1. The summed E-state index contributed by atoms with van der Waals surface area (Å²) in [6.07, 6.45) is -2.03. The third-order valence-electron chi connectivity index (χ3n) is 5.13. The van der Waals surface area contributed by atoms with Crippen molar-refractivity contribution in [3.05, 3.63) is 63.6 Å². The number of carbonyl (C=O) groups excluding carboxylic acids is 1. The smallest absolute Gasteiger partial charge is 0.337 e. The summed E-state index contributed by atoms with van der Waals surface area (Å²) in [5.74, 6) is -0.498. The maximum atomic E-state index is 13.7. The minimum Gasteiger partial charge on any atom is -0.337 e. The molecule has 0 unspecified atom stereocenters. The van der Waals surface area contributed by atoms with Gasteiger partial charge in [-0.15, -0.1) is 0 Å². The topological polar surface area (TPSA) is 91.8 Å². The van der Waals surface area contributed by atoms with Gasteiger partial charge in [-0.1, -0.05) is 6.07 Å². The summed E-state index contributed by atoms with van der Waals surface area (Å²) >= 11 is 0. The van der Waals surface area contributed by atoms with Crippen LogP contribution in [0, 0.1) is 6.92 Å². The Morgan fingerprint density at radius 2 is 2.07 bits per heavy atom. The number of nitrogens with zero attached hydrogens (tertiary/aromatic N) is 4. The number of likely N-dealkylation sites (tertiary alicyclic amines) is 1. The molecule has 7 nitrogen and oxygen atoms in total. The molecular weight excluding hydrogens is 399 g/mol. The minimum atomic E-state index is -4.74. The molecule has 1 atom stereocenters. The fourth-order valence-corrected chi connectivity index (χ4v) is 3.76. The molecule has 4 rings (SSSR count). The van der Waals surface area contributed by atoms with Gasteiger partial charge in [0.25, 0.3) is 11.5 Å². The van der Waals surface area contributed by atoms with Crippen LogP contribution in [0.15, 0.2) is 35.3 Å². The van der Waals surface area contributed by atoms with E-state index in [1.807, 2.05) is 0 Å². The number of amides is 1. The molecule has 1 aliphatic rings. The Labute approximate surface area is 169 Å². The van der Waals surface area contributed by atoms with Gasteiger partial charge in [-0.05, 0) is 38.0 Å². The van der Waals surface area contributed by atoms with Crippen LogP contribution in [0.25, 0.3) is 11.0 Å². The number of piperidine rings is 1. The van der Waals surface area contributed by atoms with Gasteiger partial charge >= 0.3 is 6.18 Å². The SMILES string of the molecule is Cc1nc2nc([C@H]3CCCN(C(=O)c4ccccn4)C3)cc(C(F)(F)F)c2c(=O)[nH]1. The van der Waals surface area contributed by atoms with Crippen molar-refractivity contribution in [2.75, 3.05) is 13.1 Å². The normalized spacial score (nSPS) is 17.3. The highest BCUT2D eigenvalue weighted by atomic mass is 19.4. The average Bonchev–Trinajstić information content (AvgIpc) is 2.72. The molecule has 1 amide bonds. The van der Waals surface area contributed by atoms with E-state index in [0.29, 0.717) is 19.4 Å². The molecule has 0 bridgehead atoms.